The maximum atomic E-state index is 11.9. The van der Waals surface area contributed by atoms with E-state index in [0.29, 0.717) is 24.5 Å². The fourth-order valence-electron chi connectivity index (χ4n) is 1.21. The number of hydrogen-bond donors (Lipinski definition) is 1. The smallest absolute Gasteiger partial charge is 0.272 e. The Morgan fingerprint density at radius 3 is 2.87 bits per heavy atom. The fraction of sp³-hybridized carbons (Fsp3) is 0.273. The SMILES string of the molecule is C=CCN(CC)C(=O)c1ccc(N)cn1. The van der Waals surface area contributed by atoms with E-state index in [1.807, 2.05) is 6.92 Å². The van der Waals surface area contributed by atoms with E-state index in [2.05, 4.69) is 11.6 Å². The van der Waals surface area contributed by atoms with Crippen LogP contribution < -0.4 is 5.73 Å². The molecule has 0 spiro atoms. The van der Waals surface area contributed by atoms with E-state index in [-0.39, 0.29) is 5.91 Å². The zero-order valence-electron chi connectivity index (χ0n) is 8.81. The highest BCUT2D eigenvalue weighted by Gasteiger charge is 2.13. The topological polar surface area (TPSA) is 59.2 Å². The first-order valence-corrected chi connectivity index (χ1v) is 4.80. The molecule has 0 aliphatic carbocycles. The summed E-state index contributed by atoms with van der Waals surface area (Å²) in [5.41, 5.74) is 6.45. The molecule has 0 atom stereocenters. The van der Waals surface area contributed by atoms with Gasteiger partial charge in [-0.25, -0.2) is 4.98 Å². The Balaban J connectivity index is 2.82. The number of carbonyl (C=O) groups is 1. The summed E-state index contributed by atoms with van der Waals surface area (Å²) >= 11 is 0. The molecule has 1 aromatic heterocycles. The van der Waals surface area contributed by atoms with Crippen LogP contribution in [-0.2, 0) is 0 Å². The van der Waals surface area contributed by atoms with Gasteiger partial charge in [-0.3, -0.25) is 4.79 Å². The molecular formula is C11H15N3O. The highest BCUT2D eigenvalue weighted by atomic mass is 16.2. The Bertz CT molecular complexity index is 345. The molecule has 0 aromatic carbocycles. The lowest BCUT2D eigenvalue weighted by atomic mass is 10.3. The van der Waals surface area contributed by atoms with Crippen LogP contribution in [0.15, 0.2) is 31.0 Å². The number of aromatic nitrogens is 1. The summed E-state index contributed by atoms with van der Waals surface area (Å²) in [6.45, 7) is 6.68. The third kappa shape index (κ3) is 2.80. The number of pyridine rings is 1. The Hall–Kier alpha value is -1.84. The van der Waals surface area contributed by atoms with Gasteiger partial charge in [0.1, 0.15) is 5.69 Å². The number of nitrogens with zero attached hydrogens (tertiary/aromatic N) is 2. The minimum Gasteiger partial charge on any atom is -0.397 e. The van der Waals surface area contributed by atoms with Crippen molar-refractivity contribution in [1.82, 2.24) is 9.88 Å². The second kappa shape index (κ2) is 5.14. The van der Waals surface area contributed by atoms with Crippen molar-refractivity contribution in [2.45, 2.75) is 6.92 Å². The standard InChI is InChI=1S/C11H15N3O/c1-3-7-14(4-2)11(15)10-6-5-9(12)8-13-10/h3,5-6,8H,1,4,7,12H2,2H3. The molecule has 0 bridgehead atoms. The lowest BCUT2D eigenvalue weighted by Crippen LogP contribution is -2.31. The normalized spacial score (nSPS) is 9.67. The van der Waals surface area contributed by atoms with Crippen LogP contribution in [0.1, 0.15) is 17.4 Å². The number of carbonyl (C=O) groups excluding carboxylic acids is 1. The summed E-state index contributed by atoms with van der Waals surface area (Å²) in [4.78, 5) is 17.5. The van der Waals surface area contributed by atoms with Gasteiger partial charge in [-0.05, 0) is 19.1 Å². The van der Waals surface area contributed by atoms with E-state index >= 15 is 0 Å². The summed E-state index contributed by atoms with van der Waals surface area (Å²) in [5, 5.41) is 0. The first-order valence-electron chi connectivity index (χ1n) is 4.80. The van der Waals surface area contributed by atoms with Gasteiger partial charge in [0, 0.05) is 13.1 Å². The highest BCUT2D eigenvalue weighted by molar-refractivity contribution is 5.92. The second-order valence-electron chi connectivity index (χ2n) is 3.11. The molecule has 80 valence electrons. The van der Waals surface area contributed by atoms with E-state index < -0.39 is 0 Å². The first kappa shape index (κ1) is 11.2. The van der Waals surface area contributed by atoms with E-state index in [1.165, 1.54) is 6.20 Å². The summed E-state index contributed by atoms with van der Waals surface area (Å²) < 4.78 is 0. The van der Waals surface area contributed by atoms with Gasteiger partial charge in [-0.15, -0.1) is 6.58 Å². The van der Waals surface area contributed by atoms with Gasteiger partial charge in [-0.2, -0.15) is 0 Å². The molecule has 4 heteroatoms. The van der Waals surface area contributed by atoms with E-state index in [0.717, 1.165) is 0 Å². The Morgan fingerprint density at radius 1 is 1.67 bits per heavy atom. The second-order valence-corrected chi connectivity index (χ2v) is 3.11. The van der Waals surface area contributed by atoms with Crippen molar-refractivity contribution in [3.05, 3.63) is 36.7 Å². The predicted octanol–water partition coefficient (Wildman–Crippen LogP) is 1.31. The summed E-state index contributed by atoms with van der Waals surface area (Å²) in [5.74, 6) is -0.0996. The van der Waals surface area contributed by atoms with Crippen molar-refractivity contribution < 1.29 is 4.79 Å². The molecule has 2 N–H and O–H groups in total. The molecular weight excluding hydrogens is 190 g/mol. The number of likely N-dealkylation sites (N-methyl/N-ethyl adjacent to an activating group) is 1. The van der Waals surface area contributed by atoms with Gasteiger partial charge in [0.05, 0.1) is 11.9 Å². The van der Waals surface area contributed by atoms with Crippen LogP contribution in [0, 0.1) is 0 Å². The zero-order chi connectivity index (χ0) is 11.3. The molecule has 15 heavy (non-hydrogen) atoms. The van der Waals surface area contributed by atoms with Crippen molar-refractivity contribution in [2.24, 2.45) is 0 Å². The van der Waals surface area contributed by atoms with Crippen molar-refractivity contribution in [3.8, 4) is 0 Å². The summed E-state index contributed by atoms with van der Waals surface area (Å²) in [6, 6.07) is 3.30. The number of rotatable bonds is 4. The molecule has 4 nitrogen and oxygen atoms in total. The van der Waals surface area contributed by atoms with Crippen LogP contribution in [0.4, 0.5) is 5.69 Å². The number of hydrogen-bond acceptors (Lipinski definition) is 3. The lowest BCUT2D eigenvalue weighted by molar-refractivity contribution is 0.0776. The van der Waals surface area contributed by atoms with Gasteiger partial charge in [-0.1, -0.05) is 6.08 Å². The molecule has 1 amide bonds. The lowest BCUT2D eigenvalue weighted by Gasteiger charge is -2.18. The molecule has 0 radical (unpaired) electrons. The Kier molecular flexibility index (Phi) is 3.85. The molecule has 0 saturated heterocycles. The van der Waals surface area contributed by atoms with Crippen LogP contribution in [0.3, 0.4) is 0 Å². The molecule has 0 fully saturated rings. The minimum absolute atomic E-state index is 0.0996. The average molecular weight is 205 g/mol. The van der Waals surface area contributed by atoms with Crippen molar-refractivity contribution in [3.63, 3.8) is 0 Å². The van der Waals surface area contributed by atoms with Gasteiger partial charge in [0.15, 0.2) is 0 Å². The third-order valence-corrected chi connectivity index (χ3v) is 2.02. The van der Waals surface area contributed by atoms with Gasteiger partial charge in [0.2, 0.25) is 0 Å². The molecule has 1 aromatic rings. The molecule has 0 unspecified atom stereocenters. The largest absolute Gasteiger partial charge is 0.397 e. The van der Waals surface area contributed by atoms with Gasteiger partial charge >= 0.3 is 0 Å². The molecule has 0 aliphatic rings. The number of anilines is 1. The van der Waals surface area contributed by atoms with Crippen LogP contribution in [0.25, 0.3) is 0 Å². The number of nitrogens with two attached hydrogens (primary N) is 1. The highest BCUT2D eigenvalue weighted by Crippen LogP contribution is 2.04. The fourth-order valence-corrected chi connectivity index (χ4v) is 1.21. The number of nitrogen functional groups attached to an aromatic ring is 1. The van der Waals surface area contributed by atoms with E-state index in [4.69, 9.17) is 5.73 Å². The van der Waals surface area contributed by atoms with Crippen LogP contribution in [0.2, 0.25) is 0 Å². The van der Waals surface area contributed by atoms with Crippen LogP contribution in [0.5, 0.6) is 0 Å². The maximum Gasteiger partial charge on any atom is 0.272 e. The monoisotopic (exact) mass is 205 g/mol. The third-order valence-electron chi connectivity index (χ3n) is 2.02. The van der Waals surface area contributed by atoms with Gasteiger partial charge in [0.25, 0.3) is 5.91 Å². The van der Waals surface area contributed by atoms with Crippen molar-refractivity contribution >= 4 is 11.6 Å². The van der Waals surface area contributed by atoms with Crippen molar-refractivity contribution in [1.29, 1.82) is 0 Å². The van der Waals surface area contributed by atoms with Crippen molar-refractivity contribution in [2.75, 3.05) is 18.8 Å². The summed E-state index contributed by atoms with van der Waals surface area (Å²) in [6.07, 6.45) is 3.17. The van der Waals surface area contributed by atoms with Crippen LogP contribution in [-0.4, -0.2) is 28.9 Å². The number of amides is 1. The first-order chi connectivity index (χ1) is 7.19. The van der Waals surface area contributed by atoms with E-state index in [9.17, 15) is 4.79 Å². The molecule has 1 rings (SSSR count). The molecule has 1 heterocycles. The predicted molar refractivity (Wildman–Crippen MR) is 60.4 cm³/mol. The minimum atomic E-state index is -0.0996. The average Bonchev–Trinajstić information content (AvgIpc) is 2.26. The van der Waals surface area contributed by atoms with Crippen LogP contribution >= 0.6 is 0 Å². The Labute approximate surface area is 89.4 Å². The van der Waals surface area contributed by atoms with Gasteiger partial charge < -0.3 is 10.6 Å². The Morgan fingerprint density at radius 2 is 2.40 bits per heavy atom. The van der Waals surface area contributed by atoms with E-state index in [1.54, 1.807) is 23.1 Å². The summed E-state index contributed by atoms with van der Waals surface area (Å²) in [7, 11) is 0. The zero-order valence-corrected chi connectivity index (χ0v) is 8.81. The quantitative estimate of drug-likeness (QED) is 0.754. The maximum absolute atomic E-state index is 11.9. The molecule has 0 saturated carbocycles. The molecule has 0 aliphatic heterocycles.